The molecule has 114 valence electrons. The molecule has 0 saturated carbocycles. The number of carboxylic acids is 1. The zero-order valence-corrected chi connectivity index (χ0v) is 12.5. The number of aliphatic carboxylic acids is 1. The molecule has 1 aromatic rings. The smallest absolute Gasteiger partial charge is 0.309 e. The molecule has 21 heavy (non-hydrogen) atoms. The summed E-state index contributed by atoms with van der Waals surface area (Å²) in [5, 5.41) is 12.5. The fourth-order valence-corrected chi connectivity index (χ4v) is 2.62. The molecule has 0 aromatic heterocycles. The number of nitrogens with one attached hydrogen (secondary N) is 1. The lowest BCUT2D eigenvalue weighted by Gasteiger charge is -2.18. The van der Waals surface area contributed by atoms with E-state index in [1.165, 1.54) is 0 Å². The molecular formula is C15H18ClNO4. The second kappa shape index (κ2) is 6.91. The summed E-state index contributed by atoms with van der Waals surface area (Å²) in [7, 11) is 0. The summed E-state index contributed by atoms with van der Waals surface area (Å²) >= 11 is 5.99. The van der Waals surface area contributed by atoms with E-state index in [-0.39, 0.29) is 18.4 Å². The van der Waals surface area contributed by atoms with Gasteiger partial charge in [0.15, 0.2) is 0 Å². The molecular weight excluding hydrogens is 294 g/mol. The number of hydrogen-bond donors (Lipinski definition) is 2. The number of carboxylic acid groups (broad SMARTS) is 1. The number of amides is 1. The molecule has 1 saturated heterocycles. The number of hydrogen-bond acceptors (Lipinski definition) is 3. The van der Waals surface area contributed by atoms with Gasteiger partial charge in [0.2, 0.25) is 5.91 Å². The molecule has 2 rings (SSSR count). The Kier molecular flexibility index (Phi) is 5.20. The second-order valence-corrected chi connectivity index (χ2v) is 5.57. The standard InChI is InChI=1S/C15H18ClNO4/c1-9-11(16)4-2-5-12(9)17-14(18)8-10(15(19)20)13-6-3-7-21-13/h2,4-5,10,13H,3,6-8H2,1H3,(H,17,18)(H,19,20)/t10-,13-/m0/s1. The van der Waals surface area contributed by atoms with Crippen molar-refractivity contribution < 1.29 is 19.4 Å². The molecule has 5 nitrogen and oxygen atoms in total. The van der Waals surface area contributed by atoms with Crippen LogP contribution in [0.5, 0.6) is 0 Å². The van der Waals surface area contributed by atoms with Gasteiger partial charge in [0.25, 0.3) is 0 Å². The van der Waals surface area contributed by atoms with Crippen LogP contribution in [0.15, 0.2) is 18.2 Å². The predicted molar refractivity (Wildman–Crippen MR) is 79.5 cm³/mol. The maximum Gasteiger partial charge on any atom is 0.309 e. The lowest BCUT2D eigenvalue weighted by Crippen LogP contribution is -2.31. The summed E-state index contributed by atoms with van der Waals surface area (Å²) in [5.41, 5.74) is 1.36. The maximum absolute atomic E-state index is 12.1. The largest absolute Gasteiger partial charge is 0.481 e. The minimum absolute atomic E-state index is 0.105. The van der Waals surface area contributed by atoms with E-state index in [0.29, 0.717) is 23.7 Å². The van der Waals surface area contributed by atoms with Crippen molar-refractivity contribution in [3.05, 3.63) is 28.8 Å². The van der Waals surface area contributed by atoms with Gasteiger partial charge in [0.05, 0.1) is 12.0 Å². The van der Waals surface area contributed by atoms with Gasteiger partial charge in [-0.3, -0.25) is 9.59 Å². The van der Waals surface area contributed by atoms with E-state index in [0.717, 1.165) is 12.0 Å². The van der Waals surface area contributed by atoms with Gasteiger partial charge in [0.1, 0.15) is 0 Å². The zero-order chi connectivity index (χ0) is 15.4. The maximum atomic E-state index is 12.1. The van der Waals surface area contributed by atoms with E-state index in [4.69, 9.17) is 16.3 Å². The summed E-state index contributed by atoms with van der Waals surface area (Å²) in [6.07, 6.45) is 1.03. The number of anilines is 1. The highest BCUT2D eigenvalue weighted by Crippen LogP contribution is 2.26. The fraction of sp³-hybridized carbons (Fsp3) is 0.467. The van der Waals surface area contributed by atoms with Crippen LogP contribution in [0.4, 0.5) is 5.69 Å². The van der Waals surface area contributed by atoms with Crippen LogP contribution in [0.2, 0.25) is 5.02 Å². The van der Waals surface area contributed by atoms with Crippen LogP contribution in [-0.4, -0.2) is 29.7 Å². The minimum atomic E-state index is -1.00. The molecule has 0 spiro atoms. The van der Waals surface area contributed by atoms with Gasteiger partial charge in [-0.2, -0.15) is 0 Å². The van der Waals surface area contributed by atoms with Crippen molar-refractivity contribution in [2.75, 3.05) is 11.9 Å². The Bertz CT molecular complexity index is 540. The van der Waals surface area contributed by atoms with Crippen molar-refractivity contribution in [3.63, 3.8) is 0 Å². The van der Waals surface area contributed by atoms with Gasteiger partial charge in [-0.05, 0) is 37.5 Å². The first-order valence-electron chi connectivity index (χ1n) is 6.88. The Hall–Kier alpha value is -1.59. The number of rotatable bonds is 5. The third kappa shape index (κ3) is 3.95. The van der Waals surface area contributed by atoms with E-state index in [9.17, 15) is 14.7 Å². The molecule has 0 unspecified atom stereocenters. The van der Waals surface area contributed by atoms with Crippen molar-refractivity contribution in [2.45, 2.75) is 32.3 Å². The SMILES string of the molecule is Cc1c(Cl)cccc1NC(=O)C[C@H](C(=O)O)[C@@H]1CCCO1. The van der Waals surface area contributed by atoms with E-state index >= 15 is 0 Å². The van der Waals surface area contributed by atoms with Crippen LogP contribution in [0.25, 0.3) is 0 Å². The lowest BCUT2D eigenvalue weighted by atomic mass is 9.96. The summed E-state index contributed by atoms with van der Waals surface area (Å²) < 4.78 is 5.39. The van der Waals surface area contributed by atoms with Gasteiger partial charge >= 0.3 is 5.97 Å². The Morgan fingerprint density at radius 1 is 1.52 bits per heavy atom. The molecule has 0 radical (unpaired) electrons. The lowest BCUT2D eigenvalue weighted by molar-refractivity contribution is -0.148. The van der Waals surface area contributed by atoms with E-state index in [1.54, 1.807) is 25.1 Å². The van der Waals surface area contributed by atoms with E-state index < -0.39 is 11.9 Å². The topological polar surface area (TPSA) is 75.6 Å². The Balaban J connectivity index is 2.02. The fourth-order valence-electron chi connectivity index (χ4n) is 2.44. The van der Waals surface area contributed by atoms with Crippen molar-refractivity contribution >= 4 is 29.2 Å². The number of benzene rings is 1. The number of carbonyl (C=O) groups excluding carboxylic acids is 1. The van der Waals surface area contributed by atoms with Crippen molar-refractivity contribution in [3.8, 4) is 0 Å². The summed E-state index contributed by atoms with van der Waals surface area (Å²) in [6, 6.07) is 5.21. The molecule has 2 atom stereocenters. The first-order chi connectivity index (χ1) is 9.99. The highest BCUT2D eigenvalue weighted by atomic mass is 35.5. The molecule has 1 fully saturated rings. The molecule has 2 N–H and O–H groups in total. The van der Waals surface area contributed by atoms with Crippen molar-refractivity contribution in [1.82, 2.24) is 0 Å². The Morgan fingerprint density at radius 3 is 2.90 bits per heavy atom. The normalized spacial score (nSPS) is 19.2. The average molecular weight is 312 g/mol. The van der Waals surface area contributed by atoms with Gasteiger partial charge in [-0.1, -0.05) is 17.7 Å². The predicted octanol–water partition coefficient (Wildman–Crippen LogP) is 2.86. The zero-order valence-electron chi connectivity index (χ0n) is 11.8. The van der Waals surface area contributed by atoms with Crippen molar-refractivity contribution in [1.29, 1.82) is 0 Å². The molecule has 1 heterocycles. The quantitative estimate of drug-likeness (QED) is 0.876. The monoisotopic (exact) mass is 311 g/mol. The highest BCUT2D eigenvalue weighted by molar-refractivity contribution is 6.31. The average Bonchev–Trinajstić information content (AvgIpc) is 2.95. The van der Waals surface area contributed by atoms with Crippen molar-refractivity contribution in [2.24, 2.45) is 5.92 Å². The van der Waals surface area contributed by atoms with Gasteiger partial charge in [-0.25, -0.2) is 0 Å². The first-order valence-corrected chi connectivity index (χ1v) is 7.26. The van der Waals surface area contributed by atoms with Gasteiger partial charge in [0, 0.05) is 23.7 Å². The van der Waals surface area contributed by atoms with Crippen LogP contribution in [0.3, 0.4) is 0 Å². The summed E-state index contributed by atoms with van der Waals surface area (Å²) in [6.45, 7) is 2.36. The van der Waals surface area contributed by atoms with Gasteiger partial charge in [-0.15, -0.1) is 0 Å². The Morgan fingerprint density at radius 2 is 2.29 bits per heavy atom. The van der Waals surface area contributed by atoms with Crippen LogP contribution < -0.4 is 5.32 Å². The summed E-state index contributed by atoms with van der Waals surface area (Å²) in [4.78, 5) is 23.4. The third-order valence-corrected chi connectivity index (χ3v) is 4.09. The molecule has 0 bridgehead atoms. The number of halogens is 1. The molecule has 1 aliphatic heterocycles. The third-order valence-electron chi connectivity index (χ3n) is 3.68. The first kappa shape index (κ1) is 15.8. The summed E-state index contributed by atoms with van der Waals surface area (Å²) in [5.74, 6) is -2.16. The number of carbonyl (C=O) groups is 2. The van der Waals surface area contributed by atoms with Crippen LogP contribution in [-0.2, 0) is 14.3 Å². The van der Waals surface area contributed by atoms with Crippen LogP contribution in [0.1, 0.15) is 24.8 Å². The number of ether oxygens (including phenoxy) is 1. The van der Waals surface area contributed by atoms with E-state index in [2.05, 4.69) is 5.32 Å². The highest BCUT2D eigenvalue weighted by Gasteiger charge is 2.33. The van der Waals surface area contributed by atoms with Gasteiger partial charge < -0.3 is 15.2 Å². The molecule has 1 aliphatic rings. The molecule has 0 aliphatic carbocycles. The van der Waals surface area contributed by atoms with Crippen LogP contribution in [0, 0.1) is 12.8 Å². The Labute approximate surface area is 128 Å². The molecule has 1 aromatic carbocycles. The minimum Gasteiger partial charge on any atom is -0.481 e. The second-order valence-electron chi connectivity index (χ2n) is 5.16. The molecule has 6 heteroatoms. The molecule has 1 amide bonds. The van der Waals surface area contributed by atoms with Crippen LogP contribution >= 0.6 is 11.6 Å². The van der Waals surface area contributed by atoms with E-state index in [1.807, 2.05) is 0 Å².